The number of fused-ring (bicyclic) bond motifs is 1. The number of pyridine rings is 1. The van der Waals surface area contributed by atoms with Crippen molar-refractivity contribution in [3.05, 3.63) is 69.1 Å². The fourth-order valence-electron chi connectivity index (χ4n) is 2.88. The quantitative estimate of drug-likeness (QED) is 0.812. The van der Waals surface area contributed by atoms with E-state index >= 15 is 0 Å². The van der Waals surface area contributed by atoms with Crippen LogP contribution in [0.3, 0.4) is 0 Å². The molecule has 1 aromatic carbocycles. The molecular formula is C18H17NO4. The predicted molar refractivity (Wildman–Crippen MR) is 84.9 cm³/mol. The first-order valence-corrected chi connectivity index (χ1v) is 7.62. The number of Topliss-reactive ketones (excluding diaryl/α,β-unsaturated/α-hetero) is 1. The summed E-state index contributed by atoms with van der Waals surface area (Å²) in [5.74, 6) is -0.739. The number of nitrogens with zero attached hydrogens (tertiary/aromatic N) is 1. The summed E-state index contributed by atoms with van der Waals surface area (Å²) in [6, 6.07) is 11.1. The van der Waals surface area contributed by atoms with Gasteiger partial charge >= 0.3 is 5.97 Å². The molecule has 0 amide bonds. The van der Waals surface area contributed by atoms with Gasteiger partial charge in [0.05, 0.1) is 12.2 Å². The molecule has 3 rings (SSSR count). The van der Waals surface area contributed by atoms with Crippen LogP contribution in [0.25, 0.3) is 0 Å². The molecular weight excluding hydrogens is 294 g/mol. The summed E-state index contributed by atoms with van der Waals surface area (Å²) in [7, 11) is 0. The Morgan fingerprint density at radius 2 is 1.96 bits per heavy atom. The third-order valence-electron chi connectivity index (χ3n) is 3.92. The number of carbonyl (C=O) groups is 2. The van der Waals surface area contributed by atoms with Gasteiger partial charge in [-0.25, -0.2) is 4.79 Å². The van der Waals surface area contributed by atoms with E-state index in [0.29, 0.717) is 18.5 Å². The van der Waals surface area contributed by atoms with Crippen molar-refractivity contribution in [2.75, 3.05) is 6.61 Å². The van der Waals surface area contributed by atoms with Crippen molar-refractivity contribution in [2.24, 2.45) is 0 Å². The van der Waals surface area contributed by atoms with Crippen LogP contribution in [0, 0.1) is 0 Å². The van der Waals surface area contributed by atoms with E-state index < -0.39 is 5.97 Å². The first kappa shape index (κ1) is 15.2. The van der Waals surface area contributed by atoms with Crippen molar-refractivity contribution in [1.29, 1.82) is 0 Å². The van der Waals surface area contributed by atoms with Gasteiger partial charge in [0.1, 0.15) is 5.69 Å². The summed E-state index contributed by atoms with van der Waals surface area (Å²) in [6.45, 7) is 2.25. The summed E-state index contributed by atoms with van der Waals surface area (Å²) in [5, 5.41) is 0. The highest BCUT2D eigenvalue weighted by Gasteiger charge is 2.29. The minimum absolute atomic E-state index is 0.184. The van der Waals surface area contributed by atoms with Gasteiger partial charge in [-0.3, -0.25) is 9.59 Å². The van der Waals surface area contributed by atoms with Crippen molar-refractivity contribution >= 4 is 11.8 Å². The fourth-order valence-corrected chi connectivity index (χ4v) is 2.88. The van der Waals surface area contributed by atoms with Crippen molar-refractivity contribution < 1.29 is 14.3 Å². The molecule has 0 saturated carbocycles. The number of hydrogen-bond donors (Lipinski definition) is 0. The molecule has 2 aromatic rings. The zero-order valence-electron chi connectivity index (χ0n) is 12.9. The summed E-state index contributed by atoms with van der Waals surface area (Å²) < 4.78 is 6.45. The molecule has 0 bridgehead atoms. The number of hydrogen-bond acceptors (Lipinski definition) is 4. The van der Waals surface area contributed by atoms with E-state index in [2.05, 4.69) is 0 Å². The smallest absolute Gasteiger partial charge is 0.340 e. The highest BCUT2D eigenvalue weighted by atomic mass is 16.5. The van der Waals surface area contributed by atoms with Gasteiger partial charge in [-0.1, -0.05) is 30.3 Å². The minimum Gasteiger partial charge on any atom is -0.462 e. The first-order valence-electron chi connectivity index (χ1n) is 7.62. The van der Waals surface area contributed by atoms with Gasteiger partial charge in [-0.2, -0.15) is 0 Å². The SMILES string of the molecule is CCOC(=O)c1cc(Cc2ccccc2)c(=O)n2c1C(=O)CC2. The molecule has 2 heterocycles. The zero-order chi connectivity index (χ0) is 16.4. The number of benzene rings is 1. The zero-order valence-corrected chi connectivity index (χ0v) is 12.9. The van der Waals surface area contributed by atoms with Crippen LogP contribution in [-0.4, -0.2) is 22.9 Å². The van der Waals surface area contributed by atoms with Gasteiger partial charge in [-0.15, -0.1) is 0 Å². The molecule has 1 aliphatic heterocycles. The van der Waals surface area contributed by atoms with E-state index in [0.717, 1.165) is 5.56 Å². The van der Waals surface area contributed by atoms with Gasteiger partial charge in [0.2, 0.25) is 0 Å². The molecule has 1 aliphatic rings. The first-order chi connectivity index (χ1) is 11.1. The van der Waals surface area contributed by atoms with Crippen molar-refractivity contribution in [1.82, 2.24) is 4.57 Å². The Morgan fingerprint density at radius 3 is 2.65 bits per heavy atom. The van der Waals surface area contributed by atoms with Crippen molar-refractivity contribution in [3.63, 3.8) is 0 Å². The van der Waals surface area contributed by atoms with E-state index in [1.165, 1.54) is 10.6 Å². The highest BCUT2D eigenvalue weighted by Crippen LogP contribution is 2.20. The van der Waals surface area contributed by atoms with E-state index in [-0.39, 0.29) is 35.6 Å². The average molecular weight is 311 g/mol. The van der Waals surface area contributed by atoms with Crippen LogP contribution in [0.1, 0.15) is 45.3 Å². The van der Waals surface area contributed by atoms with E-state index in [4.69, 9.17) is 4.74 Å². The molecule has 0 atom stereocenters. The Morgan fingerprint density at radius 1 is 1.22 bits per heavy atom. The normalized spacial score (nSPS) is 13.0. The summed E-state index contributed by atoms with van der Waals surface area (Å²) in [4.78, 5) is 36.8. The Kier molecular flexibility index (Phi) is 4.10. The number of esters is 1. The van der Waals surface area contributed by atoms with Crippen LogP contribution >= 0.6 is 0 Å². The molecule has 5 heteroatoms. The second kappa shape index (κ2) is 6.20. The molecule has 0 saturated heterocycles. The molecule has 0 fully saturated rings. The molecule has 5 nitrogen and oxygen atoms in total. The number of ether oxygens (including phenoxy) is 1. The molecule has 1 aromatic heterocycles. The third kappa shape index (κ3) is 2.82. The summed E-state index contributed by atoms with van der Waals surface area (Å²) >= 11 is 0. The van der Waals surface area contributed by atoms with Crippen LogP contribution in [0.4, 0.5) is 0 Å². The monoisotopic (exact) mass is 311 g/mol. The Labute approximate surface area is 133 Å². The highest BCUT2D eigenvalue weighted by molar-refractivity contribution is 6.06. The van der Waals surface area contributed by atoms with Crippen LogP contribution in [0.15, 0.2) is 41.2 Å². The predicted octanol–water partition coefficient (Wildman–Crippen LogP) is 2.20. The van der Waals surface area contributed by atoms with Crippen LogP contribution in [0.2, 0.25) is 0 Å². The van der Waals surface area contributed by atoms with Crippen LogP contribution in [0.5, 0.6) is 0 Å². The summed E-state index contributed by atoms with van der Waals surface area (Å²) in [5.41, 5.74) is 1.65. The number of rotatable bonds is 4. The summed E-state index contributed by atoms with van der Waals surface area (Å²) in [6.07, 6.45) is 0.664. The Bertz CT molecular complexity index is 821. The van der Waals surface area contributed by atoms with E-state index in [9.17, 15) is 14.4 Å². The van der Waals surface area contributed by atoms with Gasteiger partial charge in [0.15, 0.2) is 5.78 Å². The Hall–Kier alpha value is -2.69. The van der Waals surface area contributed by atoms with E-state index in [1.54, 1.807) is 6.92 Å². The van der Waals surface area contributed by atoms with Gasteiger partial charge in [0.25, 0.3) is 5.56 Å². The van der Waals surface area contributed by atoms with Crippen LogP contribution in [-0.2, 0) is 17.7 Å². The molecule has 0 unspecified atom stereocenters. The van der Waals surface area contributed by atoms with Gasteiger partial charge < -0.3 is 9.30 Å². The average Bonchev–Trinajstić information content (AvgIpc) is 2.94. The lowest BCUT2D eigenvalue weighted by Gasteiger charge is -2.11. The van der Waals surface area contributed by atoms with E-state index in [1.807, 2.05) is 30.3 Å². The lowest BCUT2D eigenvalue weighted by Crippen LogP contribution is -2.27. The molecule has 0 spiro atoms. The molecule has 23 heavy (non-hydrogen) atoms. The standard InChI is InChI=1S/C18H17NO4/c1-2-23-18(22)14-11-13(10-12-6-4-3-5-7-12)17(21)19-9-8-15(20)16(14)19/h3-7,11H,2,8-10H2,1H3. The van der Waals surface area contributed by atoms with Crippen LogP contribution < -0.4 is 5.56 Å². The lowest BCUT2D eigenvalue weighted by molar-refractivity contribution is 0.0522. The number of carbonyl (C=O) groups excluding carboxylic acids is 2. The maximum atomic E-state index is 12.6. The number of aromatic nitrogens is 1. The third-order valence-corrected chi connectivity index (χ3v) is 3.92. The van der Waals surface area contributed by atoms with Gasteiger partial charge in [-0.05, 0) is 18.6 Å². The Balaban J connectivity index is 2.11. The molecule has 0 aliphatic carbocycles. The largest absolute Gasteiger partial charge is 0.462 e. The molecule has 0 N–H and O–H groups in total. The maximum absolute atomic E-state index is 12.6. The lowest BCUT2D eigenvalue weighted by atomic mass is 10.0. The van der Waals surface area contributed by atoms with Crippen molar-refractivity contribution in [3.8, 4) is 0 Å². The second-order valence-corrected chi connectivity index (χ2v) is 5.44. The van der Waals surface area contributed by atoms with Crippen molar-refractivity contribution in [2.45, 2.75) is 26.3 Å². The number of ketones is 1. The maximum Gasteiger partial charge on any atom is 0.340 e. The topological polar surface area (TPSA) is 65.4 Å². The molecule has 118 valence electrons. The minimum atomic E-state index is -0.555. The second-order valence-electron chi connectivity index (χ2n) is 5.44. The molecule has 0 radical (unpaired) electrons. The fraction of sp³-hybridized carbons (Fsp3) is 0.278. The van der Waals surface area contributed by atoms with Gasteiger partial charge in [0, 0.05) is 24.9 Å².